The van der Waals surface area contributed by atoms with E-state index in [4.69, 9.17) is 14.6 Å². The highest BCUT2D eigenvalue weighted by Crippen LogP contribution is 2.43. The van der Waals surface area contributed by atoms with Crippen molar-refractivity contribution in [3.05, 3.63) is 24.3 Å². The molecular formula is C16H24O3. The Kier molecular flexibility index (Phi) is 5.08. The largest absolute Gasteiger partial charge is 0.493 e. The molecular weight excluding hydrogens is 240 g/mol. The minimum Gasteiger partial charge on any atom is -0.493 e. The second kappa shape index (κ2) is 6.80. The molecule has 0 saturated heterocycles. The van der Waals surface area contributed by atoms with Crippen LogP contribution in [0.25, 0.3) is 0 Å². The molecule has 1 fully saturated rings. The molecule has 0 radical (unpaired) electrons. The minimum absolute atomic E-state index is 0.0314. The summed E-state index contributed by atoms with van der Waals surface area (Å²) < 4.78 is 11.1. The van der Waals surface area contributed by atoms with E-state index in [-0.39, 0.29) is 6.61 Å². The third-order valence-corrected chi connectivity index (χ3v) is 3.92. The van der Waals surface area contributed by atoms with Crippen LogP contribution in [0.5, 0.6) is 11.5 Å². The maximum atomic E-state index is 8.72. The zero-order chi connectivity index (χ0) is 13.6. The van der Waals surface area contributed by atoms with Crippen LogP contribution in [0.1, 0.15) is 39.0 Å². The lowest BCUT2D eigenvalue weighted by Gasteiger charge is -2.38. The second-order valence-corrected chi connectivity index (χ2v) is 5.66. The van der Waals surface area contributed by atoms with Crippen LogP contribution in [-0.4, -0.2) is 24.9 Å². The van der Waals surface area contributed by atoms with Crippen molar-refractivity contribution in [2.45, 2.75) is 39.0 Å². The van der Waals surface area contributed by atoms with Crippen LogP contribution >= 0.6 is 0 Å². The Morgan fingerprint density at radius 3 is 2.42 bits per heavy atom. The number of rotatable bonds is 8. The first kappa shape index (κ1) is 14.2. The van der Waals surface area contributed by atoms with E-state index in [9.17, 15) is 0 Å². The van der Waals surface area contributed by atoms with Gasteiger partial charge in [0.25, 0.3) is 0 Å². The second-order valence-electron chi connectivity index (χ2n) is 5.66. The first-order valence-corrected chi connectivity index (χ1v) is 7.18. The predicted molar refractivity (Wildman–Crippen MR) is 75.7 cm³/mol. The zero-order valence-electron chi connectivity index (χ0n) is 11.7. The molecule has 3 nitrogen and oxygen atoms in total. The van der Waals surface area contributed by atoms with Gasteiger partial charge in [0.1, 0.15) is 18.1 Å². The molecule has 1 aliphatic rings. The van der Waals surface area contributed by atoms with Crippen LogP contribution < -0.4 is 9.47 Å². The van der Waals surface area contributed by atoms with E-state index in [0.717, 1.165) is 24.5 Å². The summed E-state index contributed by atoms with van der Waals surface area (Å²) in [5.41, 5.74) is 0.579. The van der Waals surface area contributed by atoms with E-state index < -0.39 is 0 Å². The van der Waals surface area contributed by atoms with E-state index in [1.165, 1.54) is 25.7 Å². The number of aliphatic hydroxyl groups is 1. The van der Waals surface area contributed by atoms with E-state index >= 15 is 0 Å². The fraction of sp³-hybridized carbons (Fsp3) is 0.625. The number of benzene rings is 1. The maximum Gasteiger partial charge on any atom is 0.123 e. The monoisotopic (exact) mass is 264 g/mol. The van der Waals surface area contributed by atoms with Gasteiger partial charge < -0.3 is 14.6 Å². The lowest BCUT2D eigenvalue weighted by Crippen LogP contribution is -2.25. The Morgan fingerprint density at radius 1 is 1.16 bits per heavy atom. The average Bonchev–Trinajstić information content (AvgIpc) is 2.40. The molecule has 2 rings (SSSR count). The molecule has 0 aliphatic heterocycles. The number of hydrogen-bond acceptors (Lipinski definition) is 3. The van der Waals surface area contributed by atoms with Crippen molar-refractivity contribution in [3.8, 4) is 11.5 Å². The molecule has 0 aromatic heterocycles. The van der Waals surface area contributed by atoms with Gasteiger partial charge in [0.2, 0.25) is 0 Å². The quantitative estimate of drug-likeness (QED) is 0.731. The number of hydrogen-bond donors (Lipinski definition) is 1. The summed E-state index contributed by atoms with van der Waals surface area (Å²) in [4.78, 5) is 0. The Bertz CT molecular complexity index is 385. The summed E-state index contributed by atoms with van der Waals surface area (Å²) in [6, 6.07) is 7.60. The van der Waals surface area contributed by atoms with Gasteiger partial charge in [-0.3, -0.25) is 0 Å². The average molecular weight is 264 g/mol. The summed E-state index contributed by atoms with van der Waals surface area (Å²) >= 11 is 0. The summed E-state index contributed by atoms with van der Waals surface area (Å²) in [5, 5.41) is 8.72. The van der Waals surface area contributed by atoms with Crippen LogP contribution in [0, 0.1) is 5.41 Å². The molecule has 3 heteroatoms. The van der Waals surface area contributed by atoms with E-state index in [0.29, 0.717) is 12.0 Å². The van der Waals surface area contributed by atoms with Gasteiger partial charge >= 0.3 is 0 Å². The minimum atomic E-state index is 0.0314. The van der Waals surface area contributed by atoms with Gasteiger partial charge in [0, 0.05) is 6.07 Å². The molecule has 1 aromatic rings. The number of ether oxygens (including phenoxy) is 2. The Labute approximate surface area is 115 Å². The Morgan fingerprint density at radius 2 is 1.84 bits per heavy atom. The van der Waals surface area contributed by atoms with Crippen molar-refractivity contribution >= 4 is 0 Å². The SMILES string of the molecule is CC1(CCCOc2cccc(OCCO)c2)CCC1. The number of aliphatic hydroxyl groups excluding tert-OH is 1. The molecule has 0 bridgehead atoms. The van der Waals surface area contributed by atoms with Crippen molar-refractivity contribution in [2.75, 3.05) is 19.8 Å². The lowest BCUT2D eigenvalue weighted by atomic mass is 9.68. The van der Waals surface area contributed by atoms with Crippen LogP contribution in [0.15, 0.2) is 24.3 Å². The Hall–Kier alpha value is -1.22. The van der Waals surface area contributed by atoms with Gasteiger partial charge in [-0.05, 0) is 43.2 Å². The summed E-state index contributed by atoms with van der Waals surface area (Å²) in [7, 11) is 0. The normalized spacial score (nSPS) is 16.7. The van der Waals surface area contributed by atoms with Crippen molar-refractivity contribution in [1.82, 2.24) is 0 Å². The third kappa shape index (κ3) is 4.43. The fourth-order valence-electron chi connectivity index (χ4n) is 2.54. The lowest BCUT2D eigenvalue weighted by molar-refractivity contribution is 0.132. The van der Waals surface area contributed by atoms with Crippen molar-refractivity contribution in [2.24, 2.45) is 5.41 Å². The molecule has 0 spiro atoms. The van der Waals surface area contributed by atoms with Crippen molar-refractivity contribution < 1.29 is 14.6 Å². The molecule has 0 amide bonds. The van der Waals surface area contributed by atoms with Gasteiger partial charge in [-0.25, -0.2) is 0 Å². The van der Waals surface area contributed by atoms with Gasteiger partial charge in [-0.2, -0.15) is 0 Å². The standard InChI is InChI=1S/C16H24O3/c1-16(7-3-8-16)9-4-11-18-14-5-2-6-15(13-14)19-12-10-17/h2,5-6,13,17H,3-4,7-12H2,1H3. The first-order chi connectivity index (χ1) is 9.22. The van der Waals surface area contributed by atoms with Gasteiger partial charge in [-0.15, -0.1) is 0 Å². The molecule has 1 aliphatic carbocycles. The zero-order valence-corrected chi connectivity index (χ0v) is 11.7. The highest BCUT2D eigenvalue weighted by Gasteiger charge is 2.30. The van der Waals surface area contributed by atoms with Crippen molar-refractivity contribution in [3.63, 3.8) is 0 Å². The summed E-state index contributed by atoms with van der Waals surface area (Å²) in [6.07, 6.45) is 6.50. The molecule has 0 unspecified atom stereocenters. The van der Waals surface area contributed by atoms with Gasteiger partial charge in [0.15, 0.2) is 0 Å². The summed E-state index contributed by atoms with van der Waals surface area (Å²) in [6.45, 7) is 3.49. The third-order valence-electron chi connectivity index (χ3n) is 3.92. The fourth-order valence-corrected chi connectivity index (χ4v) is 2.54. The highest BCUT2D eigenvalue weighted by molar-refractivity contribution is 5.32. The van der Waals surface area contributed by atoms with Crippen LogP contribution in [-0.2, 0) is 0 Å². The summed E-state index contributed by atoms with van der Waals surface area (Å²) in [5.74, 6) is 1.59. The van der Waals surface area contributed by atoms with E-state index in [1.54, 1.807) is 0 Å². The van der Waals surface area contributed by atoms with Gasteiger partial charge in [-0.1, -0.05) is 19.4 Å². The van der Waals surface area contributed by atoms with Crippen LogP contribution in [0.2, 0.25) is 0 Å². The molecule has 1 aromatic carbocycles. The van der Waals surface area contributed by atoms with Crippen LogP contribution in [0.4, 0.5) is 0 Å². The molecule has 0 heterocycles. The van der Waals surface area contributed by atoms with Gasteiger partial charge in [0.05, 0.1) is 13.2 Å². The molecule has 19 heavy (non-hydrogen) atoms. The molecule has 106 valence electrons. The van der Waals surface area contributed by atoms with E-state index in [1.807, 2.05) is 24.3 Å². The molecule has 0 atom stereocenters. The Balaban J connectivity index is 1.70. The first-order valence-electron chi connectivity index (χ1n) is 7.18. The topological polar surface area (TPSA) is 38.7 Å². The van der Waals surface area contributed by atoms with Crippen LogP contribution in [0.3, 0.4) is 0 Å². The van der Waals surface area contributed by atoms with E-state index in [2.05, 4.69) is 6.92 Å². The maximum absolute atomic E-state index is 8.72. The highest BCUT2D eigenvalue weighted by atomic mass is 16.5. The smallest absolute Gasteiger partial charge is 0.123 e. The predicted octanol–water partition coefficient (Wildman–Crippen LogP) is 3.41. The van der Waals surface area contributed by atoms with Crippen molar-refractivity contribution in [1.29, 1.82) is 0 Å². The molecule has 1 N–H and O–H groups in total. The molecule has 1 saturated carbocycles.